The summed E-state index contributed by atoms with van der Waals surface area (Å²) >= 11 is 12.5. The second-order valence-electron chi connectivity index (χ2n) is 7.42. The number of nitrogens with two attached hydrogens (primary N) is 1. The summed E-state index contributed by atoms with van der Waals surface area (Å²) in [6.07, 6.45) is -0.523. The Balaban J connectivity index is 1.94. The third-order valence-corrected chi connectivity index (χ3v) is 5.65. The van der Waals surface area contributed by atoms with Gasteiger partial charge in [-0.3, -0.25) is 9.78 Å². The Morgan fingerprint density at radius 2 is 2.06 bits per heavy atom. The van der Waals surface area contributed by atoms with Crippen LogP contribution in [0.2, 0.25) is 10.0 Å². The van der Waals surface area contributed by atoms with Gasteiger partial charge in [-0.05, 0) is 31.5 Å². The molecule has 1 aromatic heterocycles. The molecule has 7 nitrogen and oxygen atoms in total. The summed E-state index contributed by atoms with van der Waals surface area (Å²) < 4.78 is 5.00. The van der Waals surface area contributed by atoms with Crippen molar-refractivity contribution in [1.29, 1.82) is 0 Å². The van der Waals surface area contributed by atoms with Gasteiger partial charge >= 0.3 is 6.09 Å². The molecule has 2 N–H and O–H groups in total. The molecule has 0 saturated carbocycles. The average molecular weight is 463 g/mol. The molecule has 2 aromatic rings. The molecule has 1 aromatic carbocycles. The van der Waals surface area contributed by atoms with Crippen molar-refractivity contribution in [3.63, 3.8) is 0 Å². The summed E-state index contributed by atoms with van der Waals surface area (Å²) in [5, 5.41) is 0.937. The summed E-state index contributed by atoms with van der Waals surface area (Å²) in [4.78, 5) is 33.0. The van der Waals surface area contributed by atoms with Crippen LogP contribution in [-0.4, -0.2) is 46.9 Å². The predicted molar refractivity (Wildman–Crippen MR) is 121 cm³/mol. The maximum absolute atomic E-state index is 13.3. The molecule has 2 amide bonds. The molecule has 0 unspecified atom stereocenters. The molecule has 1 aliphatic heterocycles. The lowest BCUT2D eigenvalue weighted by Crippen LogP contribution is -2.36. The third kappa shape index (κ3) is 4.69. The van der Waals surface area contributed by atoms with Gasteiger partial charge in [-0.1, -0.05) is 35.8 Å². The van der Waals surface area contributed by atoms with E-state index >= 15 is 0 Å². The number of likely N-dealkylation sites (N-methyl/N-ethyl adjacent to an activating group) is 1. The Morgan fingerprint density at radius 1 is 1.35 bits per heavy atom. The summed E-state index contributed by atoms with van der Waals surface area (Å²) in [6.45, 7) is 8.18. The monoisotopic (exact) mass is 462 g/mol. The highest BCUT2D eigenvalue weighted by molar-refractivity contribution is 6.36. The normalized spacial score (nSPS) is 12.7. The minimum absolute atomic E-state index is 0.181. The molecule has 2 heterocycles. The zero-order valence-electron chi connectivity index (χ0n) is 17.7. The molecule has 0 saturated heterocycles. The van der Waals surface area contributed by atoms with Crippen LogP contribution >= 0.6 is 23.2 Å². The van der Waals surface area contributed by atoms with Crippen molar-refractivity contribution in [3.05, 3.63) is 63.1 Å². The molecule has 0 bridgehead atoms. The van der Waals surface area contributed by atoms with Crippen molar-refractivity contribution in [2.75, 3.05) is 20.1 Å². The number of hydrogen-bond donors (Lipinski definition) is 1. The Morgan fingerprint density at radius 3 is 2.68 bits per heavy atom. The molecular formula is C22H24Cl2N4O3. The van der Waals surface area contributed by atoms with Crippen molar-refractivity contribution in [3.8, 4) is 11.1 Å². The van der Waals surface area contributed by atoms with Gasteiger partial charge in [-0.2, -0.15) is 0 Å². The van der Waals surface area contributed by atoms with E-state index in [1.54, 1.807) is 37.1 Å². The maximum Gasteiger partial charge on any atom is 0.414 e. The van der Waals surface area contributed by atoms with Crippen molar-refractivity contribution in [2.24, 2.45) is 5.73 Å². The lowest BCUT2D eigenvalue weighted by molar-refractivity contribution is 0.0755. The van der Waals surface area contributed by atoms with E-state index in [1.165, 1.54) is 4.90 Å². The molecular weight excluding hydrogens is 439 g/mol. The first-order chi connectivity index (χ1) is 14.6. The van der Waals surface area contributed by atoms with Crippen molar-refractivity contribution in [2.45, 2.75) is 26.9 Å². The first kappa shape index (κ1) is 23.1. The minimum Gasteiger partial charge on any atom is -0.416 e. The number of carbonyl (C=O) groups excluding carboxylic acids is 2. The fourth-order valence-electron chi connectivity index (χ4n) is 3.57. The Bertz CT molecular complexity index is 1070. The Labute approximate surface area is 191 Å². The van der Waals surface area contributed by atoms with Gasteiger partial charge in [0.1, 0.15) is 0 Å². The van der Waals surface area contributed by atoms with Gasteiger partial charge in [0.15, 0.2) is 0 Å². The number of halogens is 2. The molecule has 164 valence electrons. The first-order valence-corrected chi connectivity index (χ1v) is 10.4. The van der Waals surface area contributed by atoms with E-state index in [-0.39, 0.29) is 12.5 Å². The molecule has 31 heavy (non-hydrogen) atoms. The highest BCUT2D eigenvalue weighted by Crippen LogP contribution is 2.39. The highest BCUT2D eigenvalue weighted by atomic mass is 35.5. The zero-order chi connectivity index (χ0) is 22.9. The second-order valence-corrected chi connectivity index (χ2v) is 8.26. The number of aryl methyl sites for hydroxylation is 1. The van der Waals surface area contributed by atoms with Crippen molar-refractivity contribution >= 4 is 35.2 Å². The van der Waals surface area contributed by atoms with E-state index in [0.29, 0.717) is 57.8 Å². The van der Waals surface area contributed by atoms with Crippen LogP contribution in [0.25, 0.3) is 11.1 Å². The number of benzene rings is 1. The van der Waals surface area contributed by atoms with Crippen LogP contribution in [0.15, 0.2) is 30.5 Å². The SMILES string of the molecule is C=C(C)OC(=O)N(C)CCN1Cc2nc(C)c(CN)c(-c3ccc(Cl)cc3Cl)c2C1=O. The number of rotatable bonds is 6. The number of hydrogen-bond acceptors (Lipinski definition) is 5. The van der Waals surface area contributed by atoms with Crippen LogP contribution in [0.1, 0.15) is 34.2 Å². The number of aromatic nitrogens is 1. The summed E-state index contributed by atoms with van der Waals surface area (Å²) in [5.41, 5.74) is 10.1. The number of amides is 2. The van der Waals surface area contributed by atoms with Gasteiger partial charge in [-0.15, -0.1) is 0 Å². The van der Waals surface area contributed by atoms with Crippen LogP contribution in [0.3, 0.4) is 0 Å². The van der Waals surface area contributed by atoms with E-state index in [1.807, 2.05) is 6.92 Å². The lowest BCUT2D eigenvalue weighted by Gasteiger charge is -2.21. The van der Waals surface area contributed by atoms with Crippen LogP contribution in [0.4, 0.5) is 4.79 Å². The molecule has 0 fully saturated rings. The van der Waals surface area contributed by atoms with Crippen LogP contribution in [0, 0.1) is 6.92 Å². The number of carbonyl (C=O) groups is 2. The molecule has 0 spiro atoms. The van der Waals surface area contributed by atoms with E-state index in [2.05, 4.69) is 11.6 Å². The van der Waals surface area contributed by atoms with Gasteiger partial charge < -0.3 is 20.3 Å². The van der Waals surface area contributed by atoms with Gasteiger partial charge in [0, 0.05) is 53.5 Å². The molecule has 3 rings (SSSR count). The largest absolute Gasteiger partial charge is 0.416 e. The van der Waals surface area contributed by atoms with Crippen LogP contribution in [-0.2, 0) is 17.8 Å². The predicted octanol–water partition coefficient (Wildman–Crippen LogP) is 4.38. The minimum atomic E-state index is -0.523. The number of ether oxygens (including phenoxy) is 1. The van der Waals surface area contributed by atoms with Gasteiger partial charge in [0.25, 0.3) is 5.91 Å². The quantitative estimate of drug-likeness (QED) is 0.643. The average Bonchev–Trinajstić information content (AvgIpc) is 3.00. The fraction of sp³-hybridized carbons (Fsp3) is 0.318. The van der Waals surface area contributed by atoms with E-state index in [4.69, 9.17) is 33.7 Å². The molecule has 1 aliphatic rings. The Hall–Kier alpha value is -2.61. The second kappa shape index (κ2) is 9.26. The Kier molecular flexibility index (Phi) is 6.89. The zero-order valence-corrected chi connectivity index (χ0v) is 19.2. The van der Waals surface area contributed by atoms with E-state index in [9.17, 15) is 9.59 Å². The molecule has 0 radical (unpaired) electrons. The number of fused-ring (bicyclic) bond motifs is 1. The van der Waals surface area contributed by atoms with Gasteiger partial charge in [-0.25, -0.2) is 4.79 Å². The number of pyridine rings is 1. The van der Waals surface area contributed by atoms with Gasteiger partial charge in [0.2, 0.25) is 0 Å². The van der Waals surface area contributed by atoms with Crippen molar-refractivity contribution < 1.29 is 14.3 Å². The van der Waals surface area contributed by atoms with Crippen LogP contribution in [0.5, 0.6) is 0 Å². The topological polar surface area (TPSA) is 88.8 Å². The van der Waals surface area contributed by atoms with Crippen molar-refractivity contribution in [1.82, 2.24) is 14.8 Å². The smallest absolute Gasteiger partial charge is 0.414 e. The molecule has 0 aliphatic carbocycles. The third-order valence-electron chi connectivity index (χ3n) is 5.10. The summed E-state index contributed by atoms with van der Waals surface area (Å²) in [5.74, 6) is 0.125. The summed E-state index contributed by atoms with van der Waals surface area (Å²) in [6, 6.07) is 5.15. The molecule has 0 atom stereocenters. The molecule has 9 heteroatoms. The lowest BCUT2D eigenvalue weighted by atomic mass is 9.93. The standard InChI is InChI=1S/C22H24Cl2N4O3/c1-12(2)31-22(30)27(4)7-8-28-11-18-20(21(28)29)19(16(10-25)13(3)26-18)15-6-5-14(23)9-17(15)24/h5-6,9H,1,7-8,10-11,25H2,2-4H3. The van der Waals surface area contributed by atoms with Gasteiger partial charge in [0.05, 0.1) is 23.6 Å². The van der Waals surface area contributed by atoms with E-state index < -0.39 is 6.09 Å². The number of nitrogens with zero attached hydrogens (tertiary/aromatic N) is 3. The highest BCUT2D eigenvalue weighted by Gasteiger charge is 2.34. The van der Waals surface area contributed by atoms with Crippen LogP contribution < -0.4 is 5.73 Å². The number of allylic oxidation sites excluding steroid dienone is 1. The maximum atomic E-state index is 13.3. The summed E-state index contributed by atoms with van der Waals surface area (Å²) in [7, 11) is 1.60. The fourth-order valence-corrected chi connectivity index (χ4v) is 4.07. The van der Waals surface area contributed by atoms with E-state index in [0.717, 1.165) is 11.3 Å². The first-order valence-electron chi connectivity index (χ1n) is 9.69.